The van der Waals surface area contributed by atoms with Crippen molar-refractivity contribution in [3.63, 3.8) is 0 Å². The summed E-state index contributed by atoms with van der Waals surface area (Å²) in [6.45, 7) is 9.24. The summed E-state index contributed by atoms with van der Waals surface area (Å²) >= 11 is 1.92. The molecule has 1 aromatic heterocycles. The molecule has 96 valence electrons. The van der Waals surface area contributed by atoms with Gasteiger partial charge in [0, 0.05) is 21.8 Å². The molecular formula is C15H25NS. The maximum absolute atomic E-state index is 3.83. The number of aryl methyl sites for hydroxylation is 1. The van der Waals surface area contributed by atoms with Crippen molar-refractivity contribution in [1.29, 1.82) is 0 Å². The van der Waals surface area contributed by atoms with Gasteiger partial charge in [-0.15, -0.1) is 11.3 Å². The zero-order valence-electron chi connectivity index (χ0n) is 11.5. The van der Waals surface area contributed by atoms with E-state index in [-0.39, 0.29) is 0 Å². The van der Waals surface area contributed by atoms with Gasteiger partial charge in [0.2, 0.25) is 0 Å². The van der Waals surface area contributed by atoms with Gasteiger partial charge in [-0.3, -0.25) is 0 Å². The normalized spacial score (nSPS) is 30.7. The highest BCUT2D eigenvalue weighted by molar-refractivity contribution is 7.12. The van der Waals surface area contributed by atoms with Gasteiger partial charge >= 0.3 is 0 Å². The van der Waals surface area contributed by atoms with Crippen LogP contribution in [0.2, 0.25) is 0 Å². The molecule has 2 heteroatoms. The Morgan fingerprint density at radius 1 is 1.41 bits per heavy atom. The van der Waals surface area contributed by atoms with Crippen LogP contribution in [0.1, 0.15) is 55.8 Å². The molecule has 1 N–H and O–H groups in total. The van der Waals surface area contributed by atoms with Crippen LogP contribution >= 0.6 is 11.3 Å². The van der Waals surface area contributed by atoms with E-state index in [1.54, 1.807) is 0 Å². The van der Waals surface area contributed by atoms with Gasteiger partial charge in [0.25, 0.3) is 0 Å². The van der Waals surface area contributed by atoms with Crippen molar-refractivity contribution in [2.75, 3.05) is 0 Å². The Hall–Kier alpha value is -0.340. The minimum atomic E-state index is 0.511. The van der Waals surface area contributed by atoms with Crippen LogP contribution in [0.3, 0.4) is 0 Å². The fraction of sp³-hybridized carbons (Fsp3) is 0.733. The lowest BCUT2D eigenvalue weighted by Gasteiger charge is -2.24. The van der Waals surface area contributed by atoms with Gasteiger partial charge in [0.1, 0.15) is 0 Å². The maximum atomic E-state index is 3.83. The summed E-state index contributed by atoms with van der Waals surface area (Å²) in [5, 5.41) is 3.83. The van der Waals surface area contributed by atoms with E-state index in [1.807, 2.05) is 11.3 Å². The van der Waals surface area contributed by atoms with Gasteiger partial charge in [-0.25, -0.2) is 0 Å². The first-order valence-electron chi connectivity index (χ1n) is 6.94. The standard InChI is InChI=1S/C15H25NS/c1-5-13-7-8-14(11(13)3)16-12(4)15-9-6-10(2)17-15/h6,9,11-14,16H,5,7-8H2,1-4H3. The molecule has 0 amide bonds. The number of hydrogen-bond acceptors (Lipinski definition) is 2. The average molecular weight is 251 g/mol. The first-order chi connectivity index (χ1) is 8.11. The largest absolute Gasteiger partial charge is 0.306 e. The van der Waals surface area contributed by atoms with Crippen LogP contribution in [0.15, 0.2) is 12.1 Å². The lowest BCUT2D eigenvalue weighted by atomic mass is 9.93. The molecule has 1 heterocycles. The van der Waals surface area contributed by atoms with E-state index < -0.39 is 0 Å². The molecule has 1 aliphatic carbocycles. The average Bonchev–Trinajstić information content (AvgIpc) is 2.87. The summed E-state index contributed by atoms with van der Waals surface area (Å²) < 4.78 is 0. The van der Waals surface area contributed by atoms with Crippen molar-refractivity contribution < 1.29 is 0 Å². The lowest BCUT2D eigenvalue weighted by molar-refractivity contribution is 0.328. The summed E-state index contributed by atoms with van der Waals surface area (Å²) in [6, 6.07) is 5.73. The summed E-state index contributed by atoms with van der Waals surface area (Å²) in [5.41, 5.74) is 0. The lowest BCUT2D eigenvalue weighted by Crippen LogP contribution is -2.34. The number of rotatable bonds is 4. The zero-order valence-corrected chi connectivity index (χ0v) is 12.3. The Morgan fingerprint density at radius 3 is 2.71 bits per heavy atom. The van der Waals surface area contributed by atoms with Crippen molar-refractivity contribution in [2.45, 2.75) is 59.0 Å². The molecule has 1 saturated carbocycles. The van der Waals surface area contributed by atoms with Crippen LogP contribution in [-0.4, -0.2) is 6.04 Å². The Labute approximate surface area is 110 Å². The fourth-order valence-electron chi connectivity index (χ4n) is 3.15. The summed E-state index contributed by atoms with van der Waals surface area (Å²) in [5.74, 6) is 1.77. The van der Waals surface area contributed by atoms with E-state index in [9.17, 15) is 0 Å². The van der Waals surface area contributed by atoms with Crippen LogP contribution in [0.5, 0.6) is 0 Å². The Balaban J connectivity index is 1.93. The molecule has 0 radical (unpaired) electrons. The highest BCUT2D eigenvalue weighted by atomic mass is 32.1. The second-order valence-electron chi connectivity index (χ2n) is 5.55. The van der Waals surface area contributed by atoms with Gasteiger partial charge in [-0.2, -0.15) is 0 Å². The van der Waals surface area contributed by atoms with E-state index in [4.69, 9.17) is 0 Å². The van der Waals surface area contributed by atoms with Crippen LogP contribution in [-0.2, 0) is 0 Å². The molecule has 0 bridgehead atoms. The monoisotopic (exact) mass is 251 g/mol. The van der Waals surface area contributed by atoms with E-state index >= 15 is 0 Å². The van der Waals surface area contributed by atoms with E-state index in [2.05, 4.69) is 45.1 Å². The molecule has 0 aliphatic heterocycles. The third kappa shape index (κ3) is 2.92. The minimum Gasteiger partial charge on any atom is -0.306 e. The highest BCUT2D eigenvalue weighted by Crippen LogP contribution is 2.35. The molecule has 0 saturated heterocycles. The van der Waals surface area contributed by atoms with Crippen molar-refractivity contribution in [2.24, 2.45) is 11.8 Å². The molecule has 17 heavy (non-hydrogen) atoms. The van der Waals surface area contributed by atoms with Gasteiger partial charge in [-0.05, 0) is 50.7 Å². The molecule has 0 spiro atoms. The van der Waals surface area contributed by atoms with Crippen LogP contribution < -0.4 is 5.32 Å². The van der Waals surface area contributed by atoms with E-state index in [1.165, 1.54) is 29.0 Å². The number of hydrogen-bond donors (Lipinski definition) is 1. The number of nitrogens with one attached hydrogen (secondary N) is 1. The smallest absolute Gasteiger partial charge is 0.0388 e. The van der Waals surface area contributed by atoms with Crippen molar-refractivity contribution >= 4 is 11.3 Å². The molecule has 1 aromatic rings. The molecule has 1 aliphatic rings. The quantitative estimate of drug-likeness (QED) is 0.829. The SMILES string of the molecule is CCC1CCC(NC(C)c2ccc(C)s2)C1C. The van der Waals surface area contributed by atoms with Crippen molar-refractivity contribution in [3.8, 4) is 0 Å². The molecule has 0 aromatic carbocycles. The second-order valence-corrected chi connectivity index (χ2v) is 6.87. The summed E-state index contributed by atoms with van der Waals surface area (Å²) in [4.78, 5) is 2.90. The zero-order chi connectivity index (χ0) is 12.4. The molecule has 4 unspecified atom stereocenters. The van der Waals surface area contributed by atoms with Crippen molar-refractivity contribution in [1.82, 2.24) is 5.32 Å². The van der Waals surface area contributed by atoms with Crippen molar-refractivity contribution in [3.05, 3.63) is 21.9 Å². The predicted octanol–water partition coefficient (Wildman–Crippen LogP) is 4.53. The molecule has 1 fully saturated rings. The molecule has 1 nitrogen and oxygen atoms in total. The van der Waals surface area contributed by atoms with Crippen LogP contribution in [0.25, 0.3) is 0 Å². The second kappa shape index (κ2) is 5.53. The number of thiophene rings is 1. The van der Waals surface area contributed by atoms with Crippen LogP contribution in [0, 0.1) is 18.8 Å². The minimum absolute atomic E-state index is 0.511. The highest BCUT2D eigenvalue weighted by Gasteiger charge is 2.32. The Kier molecular flexibility index (Phi) is 4.26. The molecule has 2 rings (SSSR count). The van der Waals surface area contributed by atoms with Gasteiger partial charge in [-0.1, -0.05) is 20.3 Å². The van der Waals surface area contributed by atoms with Gasteiger partial charge in [0.05, 0.1) is 0 Å². The Morgan fingerprint density at radius 2 is 2.18 bits per heavy atom. The molecule has 4 atom stereocenters. The topological polar surface area (TPSA) is 12.0 Å². The fourth-order valence-corrected chi connectivity index (χ4v) is 4.04. The maximum Gasteiger partial charge on any atom is 0.0388 e. The predicted molar refractivity (Wildman–Crippen MR) is 76.6 cm³/mol. The molecular weight excluding hydrogens is 226 g/mol. The van der Waals surface area contributed by atoms with Crippen LogP contribution in [0.4, 0.5) is 0 Å². The third-order valence-electron chi connectivity index (χ3n) is 4.40. The summed E-state index contributed by atoms with van der Waals surface area (Å²) in [6.07, 6.45) is 4.10. The first-order valence-corrected chi connectivity index (χ1v) is 7.75. The van der Waals surface area contributed by atoms with Gasteiger partial charge < -0.3 is 5.32 Å². The Bertz CT molecular complexity index is 358. The first kappa shape index (κ1) is 13.1. The third-order valence-corrected chi connectivity index (χ3v) is 5.59. The van der Waals surface area contributed by atoms with Gasteiger partial charge in [0.15, 0.2) is 0 Å². The van der Waals surface area contributed by atoms with E-state index in [0.717, 1.165) is 17.9 Å². The van der Waals surface area contributed by atoms with E-state index in [0.29, 0.717) is 6.04 Å². The summed E-state index contributed by atoms with van der Waals surface area (Å²) in [7, 11) is 0.